The van der Waals surface area contributed by atoms with Gasteiger partial charge in [-0.05, 0) is 54.2 Å². The van der Waals surface area contributed by atoms with E-state index in [4.69, 9.17) is 23.8 Å². The van der Waals surface area contributed by atoms with Crippen molar-refractivity contribution < 1.29 is 14.4 Å². The van der Waals surface area contributed by atoms with Gasteiger partial charge in [-0.15, -0.1) is 0 Å². The van der Waals surface area contributed by atoms with Crippen LogP contribution in [0.2, 0.25) is 5.02 Å². The van der Waals surface area contributed by atoms with Crippen LogP contribution in [0.3, 0.4) is 0 Å². The second-order valence-corrected chi connectivity index (χ2v) is 7.66. The lowest BCUT2D eigenvalue weighted by atomic mass is 10.1. The van der Waals surface area contributed by atoms with Gasteiger partial charge in [-0.3, -0.25) is 19.7 Å². The number of anilines is 2. The van der Waals surface area contributed by atoms with E-state index in [2.05, 4.69) is 10.6 Å². The molecule has 3 aromatic rings. The molecular weight excluding hydrogens is 446 g/mol. The summed E-state index contributed by atoms with van der Waals surface area (Å²) in [5.41, 5.74) is 2.34. The SMILES string of the molecule is O=C(C=Cc1ccccc1)NC(=S)Nc1ccc(N2C(=O)c3ccccc3C2=O)cc1Cl. The van der Waals surface area contributed by atoms with E-state index in [0.29, 0.717) is 22.5 Å². The zero-order chi connectivity index (χ0) is 22.7. The summed E-state index contributed by atoms with van der Waals surface area (Å²) in [6.07, 6.45) is 3.04. The van der Waals surface area contributed by atoms with E-state index < -0.39 is 17.7 Å². The molecule has 3 amide bonds. The quantitative estimate of drug-likeness (QED) is 0.335. The fourth-order valence-electron chi connectivity index (χ4n) is 3.21. The van der Waals surface area contributed by atoms with E-state index in [0.717, 1.165) is 10.5 Å². The first-order valence-electron chi connectivity index (χ1n) is 9.56. The Kier molecular flexibility index (Phi) is 6.11. The fraction of sp³-hybridized carbons (Fsp3) is 0. The van der Waals surface area contributed by atoms with Crippen LogP contribution in [-0.2, 0) is 4.79 Å². The van der Waals surface area contributed by atoms with Crippen LogP contribution in [-0.4, -0.2) is 22.8 Å². The molecule has 0 fully saturated rings. The number of nitrogens with one attached hydrogen (secondary N) is 2. The number of hydrogen-bond donors (Lipinski definition) is 2. The molecule has 0 saturated heterocycles. The molecule has 1 aliphatic rings. The van der Waals surface area contributed by atoms with E-state index in [-0.39, 0.29) is 10.1 Å². The molecule has 2 N–H and O–H groups in total. The van der Waals surface area contributed by atoms with Crippen molar-refractivity contribution in [3.05, 3.63) is 101 Å². The summed E-state index contributed by atoms with van der Waals surface area (Å²) in [5, 5.41) is 5.67. The Balaban J connectivity index is 1.42. The fourth-order valence-corrected chi connectivity index (χ4v) is 3.64. The summed E-state index contributed by atoms with van der Waals surface area (Å²) in [4.78, 5) is 38.4. The Morgan fingerprint density at radius 1 is 0.906 bits per heavy atom. The highest BCUT2D eigenvalue weighted by Gasteiger charge is 2.36. The van der Waals surface area contributed by atoms with Crippen LogP contribution in [0.4, 0.5) is 11.4 Å². The van der Waals surface area contributed by atoms with E-state index >= 15 is 0 Å². The molecule has 158 valence electrons. The zero-order valence-corrected chi connectivity index (χ0v) is 18.1. The van der Waals surface area contributed by atoms with Gasteiger partial charge in [0.25, 0.3) is 11.8 Å². The molecule has 0 bridgehead atoms. The van der Waals surface area contributed by atoms with Gasteiger partial charge in [0, 0.05) is 6.08 Å². The van der Waals surface area contributed by atoms with Gasteiger partial charge in [-0.25, -0.2) is 4.90 Å². The van der Waals surface area contributed by atoms with E-state index in [1.165, 1.54) is 12.1 Å². The number of halogens is 1. The van der Waals surface area contributed by atoms with Crippen molar-refractivity contribution in [3.63, 3.8) is 0 Å². The third kappa shape index (κ3) is 4.44. The minimum atomic E-state index is -0.407. The number of amides is 3. The third-order valence-corrected chi connectivity index (χ3v) is 5.23. The van der Waals surface area contributed by atoms with Gasteiger partial charge in [0.15, 0.2) is 5.11 Å². The smallest absolute Gasteiger partial charge is 0.266 e. The molecule has 3 aromatic carbocycles. The van der Waals surface area contributed by atoms with Gasteiger partial charge in [0.2, 0.25) is 5.91 Å². The number of imide groups is 1. The summed E-state index contributed by atoms with van der Waals surface area (Å²) in [5.74, 6) is -1.21. The second kappa shape index (κ2) is 9.13. The van der Waals surface area contributed by atoms with Gasteiger partial charge in [-0.2, -0.15) is 0 Å². The van der Waals surface area contributed by atoms with Gasteiger partial charge < -0.3 is 5.32 Å². The van der Waals surface area contributed by atoms with Crippen molar-refractivity contribution in [1.82, 2.24) is 5.32 Å². The van der Waals surface area contributed by atoms with Gasteiger partial charge >= 0.3 is 0 Å². The van der Waals surface area contributed by atoms with Gasteiger partial charge in [-0.1, -0.05) is 54.1 Å². The molecule has 32 heavy (non-hydrogen) atoms. The number of benzene rings is 3. The summed E-state index contributed by atoms with van der Waals surface area (Å²) in [6.45, 7) is 0. The summed E-state index contributed by atoms with van der Waals surface area (Å²) in [7, 11) is 0. The number of carbonyl (C=O) groups excluding carboxylic acids is 3. The maximum atomic E-state index is 12.6. The summed E-state index contributed by atoms with van der Waals surface area (Å²) >= 11 is 11.5. The monoisotopic (exact) mass is 461 g/mol. The molecular formula is C24H16ClN3O3S. The van der Waals surface area contributed by atoms with Crippen molar-refractivity contribution in [1.29, 1.82) is 0 Å². The molecule has 0 aliphatic carbocycles. The van der Waals surface area contributed by atoms with Crippen LogP contribution in [0.5, 0.6) is 0 Å². The maximum absolute atomic E-state index is 12.6. The zero-order valence-electron chi connectivity index (χ0n) is 16.5. The number of hydrogen-bond acceptors (Lipinski definition) is 4. The highest BCUT2D eigenvalue weighted by Crippen LogP contribution is 2.32. The highest BCUT2D eigenvalue weighted by molar-refractivity contribution is 7.80. The molecule has 0 saturated carbocycles. The van der Waals surface area contributed by atoms with Crippen LogP contribution in [0.1, 0.15) is 26.3 Å². The lowest BCUT2D eigenvalue weighted by Gasteiger charge is -2.16. The number of nitrogens with zero attached hydrogens (tertiary/aromatic N) is 1. The molecule has 6 nitrogen and oxygen atoms in total. The minimum absolute atomic E-state index is 0.0584. The molecule has 1 aliphatic heterocycles. The van der Waals surface area contributed by atoms with E-state index in [1.54, 1.807) is 42.5 Å². The average molecular weight is 462 g/mol. The first-order chi connectivity index (χ1) is 15.4. The van der Waals surface area contributed by atoms with E-state index in [9.17, 15) is 14.4 Å². The van der Waals surface area contributed by atoms with Crippen LogP contribution in [0.15, 0.2) is 78.9 Å². The Hall–Kier alpha value is -3.81. The predicted octanol–water partition coefficient (Wildman–Crippen LogP) is 4.67. The lowest BCUT2D eigenvalue weighted by molar-refractivity contribution is -0.115. The number of fused-ring (bicyclic) bond motifs is 1. The molecule has 0 unspecified atom stereocenters. The topological polar surface area (TPSA) is 78.5 Å². The highest BCUT2D eigenvalue weighted by atomic mass is 35.5. The predicted molar refractivity (Wildman–Crippen MR) is 129 cm³/mol. The maximum Gasteiger partial charge on any atom is 0.266 e. The molecule has 4 rings (SSSR count). The largest absolute Gasteiger partial charge is 0.331 e. The summed E-state index contributed by atoms with van der Waals surface area (Å²) in [6, 6.07) is 20.7. The number of thiocarbonyl (C=S) groups is 1. The standard InChI is InChI=1S/C24H16ClN3O3S/c25-19-14-16(28-22(30)17-8-4-5-9-18(17)23(28)31)11-12-20(19)26-24(32)27-21(29)13-10-15-6-2-1-3-7-15/h1-14H,(H2,26,27,29,32). The van der Waals surface area contributed by atoms with Crippen LogP contribution in [0.25, 0.3) is 6.08 Å². The van der Waals surface area contributed by atoms with Crippen molar-refractivity contribution in [3.8, 4) is 0 Å². The third-order valence-electron chi connectivity index (χ3n) is 4.72. The Labute approximate surface area is 194 Å². The molecule has 0 radical (unpaired) electrons. The Bertz CT molecular complexity index is 1240. The van der Waals surface area contributed by atoms with Crippen LogP contribution < -0.4 is 15.5 Å². The number of rotatable bonds is 4. The molecule has 0 aromatic heterocycles. The van der Waals surface area contributed by atoms with Crippen molar-refractivity contribution >= 4 is 64.1 Å². The second-order valence-electron chi connectivity index (χ2n) is 6.84. The number of carbonyl (C=O) groups is 3. The van der Waals surface area contributed by atoms with Crippen molar-refractivity contribution in [2.45, 2.75) is 0 Å². The minimum Gasteiger partial charge on any atom is -0.331 e. The normalized spacial score (nSPS) is 12.7. The van der Waals surface area contributed by atoms with E-state index in [1.807, 2.05) is 30.3 Å². The van der Waals surface area contributed by atoms with Crippen molar-refractivity contribution in [2.75, 3.05) is 10.2 Å². The molecule has 8 heteroatoms. The van der Waals surface area contributed by atoms with Gasteiger partial charge in [0.1, 0.15) is 0 Å². The molecule has 0 atom stereocenters. The van der Waals surface area contributed by atoms with Crippen molar-refractivity contribution in [2.24, 2.45) is 0 Å². The average Bonchev–Trinajstić information content (AvgIpc) is 3.05. The van der Waals surface area contributed by atoms with Crippen LogP contribution in [0, 0.1) is 0 Å². The van der Waals surface area contributed by atoms with Gasteiger partial charge in [0.05, 0.1) is 27.5 Å². The Morgan fingerprint density at radius 3 is 2.16 bits per heavy atom. The molecule has 0 spiro atoms. The molecule has 1 heterocycles. The lowest BCUT2D eigenvalue weighted by Crippen LogP contribution is -2.33. The Morgan fingerprint density at radius 2 is 1.53 bits per heavy atom. The van der Waals surface area contributed by atoms with Crippen LogP contribution >= 0.6 is 23.8 Å². The first-order valence-corrected chi connectivity index (χ1v) is 10.3. The summed E-state index contributed by atoms with van der Waals surface area (Å²) < 4.78 is 0. The first kappa shape index (κ1) is 21.4.